The molecule has 0 aliphatic carbocycles. The number of halogens is 1. The first-order valence-corrected chi connectivity index (χ1v) is 8.47. The molecule has 0 fully saturated rings. The van der Waals surface area contributed by atoms with E-state index in [0.717, 1.165) is 18.6 Å². The lowest BCUT2D eigenvalue weighted by atomic mass is 10.4. The second-order valence-corrected chi connectivity index (χ2v) is 6.45. The minimum Gasteiger partial charge on any atom is -0.385 e. The van der Waals surface area contributed by atoms with E-state index in [2.05, 4.69) is 15.0 Å². The number of nitrogens with zero attached hydrogens (tertiary/aromatic N) is 1. The third kappa shape index (κ3) is 5.19. The molecule has 2 aromatic rings. The first kappa shape index (κ1) is 17.2. The molecule has 6 nitrogen and oxygen atoms in total. The van der Waals surface area contributed by atoms with Gasteiger partial charge < -0.3 is 10.1 Å². The van der Waals surface area contributed by atoms with Gasteiger partial charge in [-0.15, -0.1) is 0 Å². The number of anilines is 2. The highest BCUT2D eigenvalue weighted by Gasteiger charge is 2.14. The third-order valence-electron chi connectivity index (χ3n) is 2.97. The average Bonchev–Trinajstić information content (AvgIpc) is 2.53. The quantitative estimate of drug-likeness (QED) is 0.722. The van der Waals surface area contributed by atoms with Gasteiger partial charge in [-0.1, -0.05) is 0 Å². The van der Waals surface area contributed by atoms with Gasteiger partial charge in [0, 0.05) is 20.3 Å². The van der Waals surface area contributed by atoms with Crippen LogP contribution in [0.5, 0.6) is 0 Å². The zero-order chi connectivity index (χ0) is 16.7. The molecule has 0 saturated carbocycles. The molecule has 0 aliphatic heterocycles. The van der Waals surface area contributed by atoms with Crippen molar-refractivity contribution in [3.05, 3.63) is 48.4 Å². The maximum Gasteiger partial charge on any atom is 0.261 e. The molecule has 8 heteroatoms. The molecule has 1 aromatic heterocycles. The van der Waals surface area contributed by atoms with Crippen molar-refractivity contribution in [2.75, 3.05) is 30.3 Å². The Hall–Kier alpha value is -2.19. The number of hydrogen-bond acceptors (Lipinski definition) is 5. The highest BCUT2D eigenvalue weighted by Crippen LogP contribution is 2.16. The fourth-order valence-electron chi connectivity index (χ4n) is 1.82. The minimum atomic E-state index is -3.76. The molecule has 124 valence electrons. The van der Waals surface area contributed by atoms with E-state index in [4.69, 9.17) is 4.74 Å². The van der Waals surface area contributed by atoms with Crippen LogP contribution in [-0.4, -0.2) is 33.7 Å². The molecule has 0 radical (unpaired) electrons. The van der Waals surface area contributed by atoms with Gasteiger partial charge in [0.15, 0.2) is 0 Å². The van der Waals surface area contributed by atoms with E-state index in [1.54, 1.807) is 19.2 Å². The topological polar surface area (TPSA) is 80.3 Å². The van der Waals surface area contributed by atoms with Crippen molar-refractivity contribution < 1.29 is 17.5 Å². The molecular weight excluding hydrogens is 321 g/mol. The fraction of sp³-hybridized carbons (Fsp3) is 0.267. The number of hydrogen-bond donors (Lipinski definition) is 2. The molecule has 2 rings (SSSR count). The smallest absolute Gasteiger partial charge is 0.261 e. The van der Waals surface area contributed by atoms with Gasteiger partial charge in [0.05, 0.1) is 16.8 Å². The predicted molar refractivity (Wildman–Crippen MR) is 86.4 cm³/mol. The Labute approximate surface area is 134 Å². The standard InChI is InChI=1S/C15H18FN3O3S/c1-22-10-2-9-17-15-8-5-13(11-18-15)19-23(20,21)14-6-3-12(16)4-7-14/h3-8,11,19H,2,9-10H2,1H3,(H,17,18). The number of sulfonamides is 1. The summed E-state index contributed by atoms with van der Waals surface area (Å²) >= 11 is 0. The van der Waals surface area contributed by atoms with Crippen LogP contribution in [0, 0.1) is 5.82 Å². The number of pyridine rings is 1. The van der Waals surface area contributed by atoms with E-state index < -0.39 is 15.8 Å². The Bertz CT molecular complexity index is 719. The summed E-state index contributed by atoms with van der Waals surface area (Å²) in [5.74, 6) is 0.153. The van der Waals surface area contributed by atoms with Crippen molar-refractivity contribution in [3.8, 4) is 0 Å². The number of rotatable bonds is 8. The van der Waals surface area contributed by atoms with Gasteiger partial charge in [-0.2, -0.15) is 0 Å². The van der Waals surface area contributed by atoms with E-state index in [1.165, 1.54) is 18.3 Å². The summed E-state index contributed by atoms with van der Waals surface area (Å²) in [6.45, 7) is 1.37. The van der Waals surface area contributed by atoms with E-state index in [0.29, 0.717) is 24.7 Å². The lowest BCUT2D eigenvalue weighted by Gasteiger charge is -2.09. The zero-order valence-corrected chi connectivity index (χ0v) is 13.4. The molecule has 0 atom stereocenters. The maximum absolute atomic E-state index is 12.9. The van der Waals surface area contributed by atoms with Gasteiger partial charge in [-0.25, -0.2) is 17.8 Å². The summed E-state index contributed by atoms with van der Waals surface area (Å²) < 4.78 is 44.5. The maximum atomic E-state index is 12.9. The van der Waals surface area contributed by atoms with E-state index in [-0.39, 0.29) is 4.90 Å². The molecule has 1 heterocycles. The van der Waals surface area contributed by atoms with Crippen molar-refractivity contribution in [2.45, 2.75) is 11.3 Å². The van der Waals surface area contributed by atoms with Gasteiger partial charge >= 0.3 is 0 Å². The second-order valence-electron chi connectivity index (χ2n) is 4.76. The van der Waals surface area contributed by atoms with Gasteiger partial charge in [0.2, 0.25) is 0 Å². The van der Waals surface area contributed by atoms with Crippen LogP contribution in [0.25, 0.3) is 0 Å². The summed E-state index contributed by atoms with van der Waals surface area (Å²) in [5, 5.41) is 3.10. The first-order valence-electron chi connectivity index (χ1n) is 6.98. The molecule has 0 bridgehead atoms. The van der Waals surface area contributed by atoms with Crippen molar-refractivity contribution in [1.82, 2.24) is 4.98 Å². The van der Waals surface area contributed by atoms with Crippen LogP contribution >= 0.6 is 0 Å². The fourth-order valence-corrected chi connectivity index (χ4v) is 2.86. The molecule has 0 aliphatic rings. The van der Waals surface area contributed by atoms with Crippen LogP contribution in [-0.2, 0) is 14.8 Å². The number of ether oxygens (including phenoxy) is 1. The Morgan fingerprint density at radius 1 is 1.17 bits per heavy atom. The molecule has 2 N–H and O–H groups in total. The van der Waals surface area contributed by atoms with Crippen LogP contribution in [0.4, 0.5) is 15.9 Å². The molecule has 0 amide bonds. The van der Waals surface area contributed by atoms with Crippen LogP contribution in [0.3, 0.4) is 0 Å². The number of nitrogens with one attached hydrogen (secondary N) is 2. The van der Waals surface area contributed by atoms with Crippen LogP contribution in [0.1, 0.15) is 6.42 Å². The lowest BCUT2D eigenvalue weighted by molar-refractivity contribution is 0.198. The highest BCUT2D eigenvalue weighted by molar-refractivity contribution is 7.92. The van der Waals surface area contributed by atoms with E-state index >= 15 is 0 Å². The third-order valence-corrected chi connectivity index (χ3v) is 4.37. The summed E-state index contributed by atoms with van der Waals surface area (Å²) in [6.07, 6.45) is 2.26. The molecule has 0 unspecified atom stereocenters. The SMILES string of the molecule is COCCCNc1ccc(NS(=O)(=O)c2ccc(F)cc2)cn1. The number of methoxy groups -OCH3 is 1. The summed E-state index contributed by atoms with van der Waals surface area (Å²) in [7, 11) is -2.12. The molecule has 1 aromatic carbocycles. The Kier molecular flexibility index (Phi) is 5.89. The average molecular weight is 339 g/mol. The van der Waals surface area contributed by atoms with Crippen molar-refractivity contribution >= 4 is 21.5 Å². The van der Waals surface area contributed by atoms with Crippen molar-refractivity contribution in [2.24, 2.45) is 0 Å². The summed E-state index contributed by atoms with van der Waals surface area (Å²) in [4.78, 5) is 4.12. The van der Waals surface area contributed by atoms with E-state index in [1.807, 2.05) is 0 Å². The van der Waals surface area contributed by atoms with Gasteiger partial charge in [0.25, 0.3) is 10.0 Å². The second kappa shape index (κ2) is 7.89. The van der Waals surface area contributed by atoms with Gasteiger partial charge in [-0.05, 0) is 42.8 Å². The highest BCUT2D eigenvalue weighted by atomic mass is 32.2. The van der Waals surface area contributed by atoms with Gasteiger partial charge in [0.1, 0.15) is 11.6 Å². The van der Waals surface area contributed by atoms with Gasteiger partial charge in [-0.3, -0.25) is 4.72 Å². The zero-order valence-electron chi connectivity index (χ0n) is 12.6. The monoisotopic (exact) mass is 339 g/mol. The Morgan fingerprint density at radius 3 is 2.52 bits per heavy atom. The van der Waals surface area contributed by atoms with Crippen molar-refractivity contribution in [1.29, 1.82) is 0 Å². The Balaban J connectivity index is 1.98. The van der Waals surface area contributed by atoms with Crippen LogP contribution in [0.2, 0.25) is 0 Å². The summed E-state index contributed by atoms with van der Waals surface area (Å²) in [6, 6.07) is 7.88. The normalized spacial score (nSPS) is 11.2. The summed E-state index contributed by atoms with van der Waals surface area (Å²) in [5.41, 5.74) is 0.330. The first-order chi connectivity index (χ1) is 11.0. The lowest BCUT2D eigenvalue weighted by Crippen LogP contribution is -2.13. The predicted octanol–water partition coefficient (Wildman–Crippen LogP) is 2.47. The molecule has 0 spiro atoms. The van der Waals surface area contributed by atoms with E-state index in [9.17, 15) is 12.8 Å². The van der Waals surface area contributed by atoms with Crippen LogP contribution < -0.4 is 10.0 Å². The molecule has 23 heavy (non-hydrogen) atoms. The number of aromatic nitrogens is 1. The van der Waals surface area contributed by atoms with Crippen molar-refractivity contribution in [3.63, 3.8) is 0 Å². The minimum absolute atomic E-state index is 0.0133. The van der Waals surface area contributed by atoms with Crippen LogP contribution in [0.15, 0.2) is 47.5 Å². The Morgan fingerprint density at radius 2 is 1.91 bits per heavy atom. The molecular formula is C15H18FN3O3S. The molecule has 0 saturated heterocycles. The largest absolute Gasteiger partial charge is 0.385 e. The number of benzene rings is 1.